The van der Waals surface area contributed by atoms with Gasteiger partial charge >= 0.3 is 5.97 Å². The first kappa shape index (κ1) is 18.8. The monoisotopic (exact) mass is 366 g/mol. The zero-order valence-corrected chi connectivity index (χ0v) is 15.7. The molecule has 2 rings (SSSR count). The summed E-state index contributed by atoms with van der Waals surface area (Å²) in [5.41, 5.74) is 11.9. The average Bonchev–Trinajstić information content (AvgIpc) is 3.06. The first-order chi connectivity index (χ1) is 11.6. The highest BCUT2D eigenvalue weighted by Crippen LogP contribution is 2.30. The fourth-order valence-corrected chi connectivity index (χ4v) is 2.82. The quantitative estimate of drug-likeness (QED) is 0.616. The molecule has 0 saturated carbocycles. The van der Waals surface area contributed by atoms with Crippen LogP contribution in [0.15, 0.2) is 11.2 Å². The summed E-state index contributed by atoms with van der Waals surface area (Å²) in [5, 5.41) is 8.79. The van der Waals surface area contributed by atoms with Gasteiger partial charge in [-0.2, -0.15) is 14.9 Å². The van der Waals surface area contributed by atoms with Gasteiger partial charge in [0.15, 0.2) is 0 Å². The van der Waals surface area contributed by atoms with Crippen molar-refractivity contribution in [3.63, 3.8) is 0 Å². The lowest BCUT2D eigenvalue weighted by Crippen LogP contribution is -2.25. The lowest BCUT2D eigenvalue weighted by atomic mass is 10.1. The molecule has 0 aliphatic carbocycles. The van der Waals surface area contributed by atoms with Crippen molar-refractivity contribution in [3.05, 3.63) is 17.3 Å². The van der Waals surface area contributed by atoms with Crippen molar-refractivity contribution in [2.24, 2.45) is 0 Å². The van der Waals surface area contributed by atoms with E-state index in [-0.39, 0.29) is 29.4 Å². The molecule has 10 heteroatoms. The zero-order valence-electron chi connectivity index (χ0n) is 14.9. The Morgan fingerprint density at radius 3 is 2.44 bits per heavy atom. The van der Waals surface area contributed by atoms with Gasteiger partial charge in [0.2, 0.25) is 0 Å². The highest BCUT2D eigenvalue weighted by Gasteiger charge is 2.30. The van der Waals surface area contributed by atoms with E-state index >= 15 is 0 Å². The molecule has 0 saturated heterocycles. The van der Waals surface area contributed by atoms with Gasteiger partial charge in [-0.15, -0.1) is 11.8 Å². The number of hydrogen-bond acceptors (Lipinski definition) is 8. The van der Waals surface area contributed by atoms with Crippen molar-refractivity contribution in [2.45, 2.75) is 38.3 Å². The van der Waals surface area contributed by atoms with E-state index < -0.39 is 17.4 Å². The maximum atomic E-state index is 12.9. The zero-order chi connectivity index (χ0) is 18.9. The largest absolute Gasteiger partial charge is 0.462 e. The second-order valence-corrected chi connectivity index (χ2v) is 7.03. The fourth-order valence-electron chi connectivity index (χ4n) is 2.26. The van der Waals surface area contributed by atoms with Crippen LogP contribution in [0.5, 0.6) is 0 Å². The van der Waals surface area contributed by atoms with E-state index in [2.05, 4.69) is 10.2 Å². The predicted molar refractivity (Wildman–Crippen MR) is 95.7 cm³/mol. The number of rotatable bonds is 4. The Morgan fingerprint density at radius 2 is 1.92 bits per heavy atom. The number of carbonyl (C=O) groups is 2. The predicted octanol–water partition coefficient (Wildman–Crippen LogP) is 1.59. The second kappa shape index (κ2) is 6.79. The Kier molecular flexibility index (Phi) is 5.12. The standard InChI is InChI=1S/C15H22N6O3S/c1-6-24-14(23)8-7-18-20(10(8)16)13(22)9-11(17)21(15(2,3)4)19-12(9)25-5/h7H,6,16-17H2,1-5H3. The topological polar surface area (TPSA) is 131 Å². The smallest absolute Gasteiger partial charge is 0.343 e. The van der Waals surface area contributed by atoms with Gasteiger partial charge in [-0.05, 0) is 34.0 Å². The maximum absolute atomic E-state index is 12.9. The van der Waals surface area contributed by atoms with Crippen LogP contribution in [0.25, 0.3) is 0 Å². The first-order valence-electron chi connectivity index (χ1n) is 7.61. The number of thioether (sulfide) groups is 1. The van der Waals surface area contributed by atoms with E-state index in [1.165, 1.54) is 18.0 Å². The van der Waals surface area contributed by atoms with Crippen molar-refractivity contribution in [1.29, 1.82) is 0 Å². The molecule has 4 N–H and O–H groups in total. The molecule has 0 fully saturated rings. The third kappa shape index (κ3) is 3.34. The van der Waals surface area contributed by atoms with Crippen LogP contribution in [0.4, 0.5) is 11.6 Å². The van der Waals surface area contributed by atoms with Crippen molar-refractivity contribution in [1.82, 2.24) is 19.6 Å². The molecular weight excluding hydrogens is 344 g/mol. The summed E-state index contributed by atoms with van der Waals surface area (Å²) in [6.07, 6.45) is 3.00. The molecule has 0 amide bonds. The molecule has 0 aliphatic rings. The second-order valence-electron chi connectivity index (χ2n) is 6.23. The van der Waals surface area contributed by atoms with Crippen LogP contribution in [0.1, 0.15) is 48.4 Å². The van der Waals surface area contributed by atoms with E-state index in [0.717, 1.165) is 4.68 Å². The molecule has 25 heavy (non-hydrogen) atoms. The van der Waals surface area contributed by atoms with E-state index in [0.29, 0.717) is 5.03 Å². The van der Waals surface area contributed by atoms with Gasteiger partial charge < -0.3 is 16.2 Å². The number of nitrogens with zero attached hydrogens (tertiary/aromatic N) is 4. The highest BCUT2D eigenvalue weighted by atomic mass is 32.2. The number of carbonyl (C=O) groups excluding carboxylic acids is 2. The lowest BCUT2D eigenvalue weighted by molar-refractivity contribution is 0.0527. The molecular formula is C15H22N6O3S. The first-order valence-corrected chi connectivity index (χ1v) is 8.84. The van der Waals surface area contributed by atoms with Gasteiger partial charge in [0.1, 0.15) is 27.8 Å². The molecule has 136 valence electrons. The Bertz CT molecular complexity index is 818. The lowest BCUT2D eigenvalue weighted by Gasteiger charge is -2.20. The van der Waals surface area contributed by atoms with Crippen LogP contribution in [-0.2, 0) is 10.3 Å². The number of hydrogen-bond donors (Lipinski definition) is 2. The van der Waals surface area contributed by atoms with Gasteiger partial charge in [-0.3, -0.25) is 4.79 Å². The normalized spacial score (nSPS) is 11.6. The maximum Gasteiger partial charge on any atom is 0.343 e. The molecule has 2 aromatic rings. The number of aromatic nitrogens is 4. The van der Waals surface area contributed by atoms with Gasteiger partial charge in [-0.25, -0.2) is 9.48 Å². The Balaban J connectivity index is 2.52. The number of nitrogen functional groups attached to an aromatic ring is 2. The van der Waals surface area contributed by atoms with E-state index in [1.54, 1.807) is 17.9 Å². The summed E-state index contributed by atoms with van der Waals surface area (Å²) in [4.78, 5) is 24.8. The summed E-state index contributed by atoms with van der Waals surface area (Å²) < 4.78 is 7.41. The molecule has 2 heterocycles. The van der Waals surface area contributed by atoms with Gasteiger partial charge in [0, 0.05) is 0 Å². The fraction of sp³-hybridized carbons (Fsp3) is 0.467. The minimum Gasteiger partial charge on any atom is -0.462 e. The van der Waals surface area contributed by atoms with E-state index in [1.807, 2.05) is 20.8 Å². The Morgan fingerprint density at radius 1 is 1.28 bits per heavy atom. The van der Waals surface area contributed by atoms with E-state index in [9.17, 15) is 9.59 Å². The summed E-state index contributed by atoms with van der Waals surface area (Å²) in [6, 6.07) is 0. The molecule has 0 aromatic carbocycles. The van der Waals surface area contributed by atoms with Crippen molar-refractivity contribution >= 4 is 35.3 Å². The van der Waals surface area contributed by atoms with Crippen molar-refractivity contribution in [3.8, 4) is 0 Å². The third-order valence-corrected chi connectivity index (χ3v) is 4.10. The molecule has 2 aromatic heterocycles. The molecule has 0 spiro atoms. The van der Waals surface area contributed by atoms with Crippen LogP contribution < -0.4 is 11.5 Å². The van der Waals surface area contributed by atoms with Crippen LogP contribution in [-0.4, -0.2) is 44.3 Å². The minimum atomic E-state index is -0.637. The van der Waals surface area contributed by atoms with E-state index in [4.69, 9.17) is 16.2 Å². The number of esters is 1. The summed E-state index contributed by atoms with van der Waals surface area (Å²) in [7, 11) is 0. The average molecular weight is 366 g/mol. The third-order valence-electron chi connectivity index (χ3n) is 3.43. The molecule has 0 aliphatic heterocycles. The molecule has 0 unspecified atom stereocenters. The summed E-state index contributed by atoms with van der Waals surface area (Å²) in [6.45, 7) is 7.65. The van der Waals surface area contributed by atoms with Gasteiger partial charge in [0.25, 0.3) is 5.91 Å². The summed E-state index contributed by atoms with van der Waals surface area (Å²) in [5.74, 6) is -1.07. The minimum absolute atomic E-state index is 0.0303. The van der Waals surface area contributed by atoms with Crippen molar-refractivity contribution in [2.75, 3.05) is 24.3 Å². The molecule has 0 atom stereocenters. The SMILES string of the molecule is CCOC(=O)c1cnn(C(=O)c2c(SC)nn(C(C)(C)C)c2N)c1N. The molecule has 9 nitrogen and oxygen atoms in total. The highest BCUT2D eigenvalue weighted by molar-refractivity contribution is 7.98. The van der Waals surface area contributed by atoms with Crippen LogP contribution in [0.2, 0.25) is 0 Å². The number of anilines is 2. The van der Waals surface area contributed by atoms with Crippen molar-refractivity contribution < 1.29 is 14.3 Å². The number of nitrogens with two attached hydrogens (primary N) is 2. The van der Waals surface area contributed by atoms with Crippen LogP contribution in [0.3, 0.4) is 0 Å². The van der Waals surface area contributed by atoms with Gasteiger partial charge in [-0.1, -0.05) is 0 Å². The Labute approximate surface area is 149 Å². The molecule has 0 bridgehead atoms. The summed E-state index contributed by atoms with van der Waals surface area (Å²) >= 11 is 1.29. The number of ether oxygens (including phenoxy) is 1. The molecule has 0 radical (unpaired) electrons. The van der Waals surface area contributed by atoms with Gasteiger partial charge in [0.05, 0.1) is 18.3 Å². The van der Waals surface area contributed by atoms with Crippen LogP contribution in [0, 0.1) is 0 Å². The van der Waals surface area contributed by atoms with Crippen LogP contribution >= 0.6 is 11.8 Å². The Hall–Kier alpha value is -2.49.